The third kappa shape index (κ3) is 5.11. The van der Waals surface area contributed by atoms with Gasteiger partial charge in [-0.15, -0.1) is 5.10 Å². The van der Waals surface area contributed by atoms with E-state index in [-0.39, 0.29) is 24.2 Å². The van der Waals surface area contributed by atoms with E-state index in [0.29, 0.717) is 44.3 Å². The summed E-state index contributed by atoms with van der Waals surface area (Å²) in [5, 5.41) is 5.54. The van der Waals surface area contributed by atoms with Crippen LogP contribution in [0.15, 0.2) is 65.2 Å². The van der Waals surface area contributed by atoms with Crippen molar-refractivity contribution in [1.29, 1.82) is 0 Å². The third-order valence-electron chi connectivity index (χ3n) is 6.59. The van der Waals surface area contributed by atoms with Gasteiger partial charge in [0, 0.05) is 18.6 Å². The highest BCUT2D eigenvalue weighted by molar-refractivity contribution is 7.18. The second-order valence-corrected chi connectivity index (χ2v) is 10.3. The van der Waals surface area contributed by atoms with Crippen molar-refractivity contribution >= 4 is 33.1 Å². The summed E-state index contributed by atoms with van der Waals surface area (Å²) in [4.78, 5) is 18.0. The lowest BCUT2D eigenvalue weighted by molar-refractivity contribution is 0.0988. The van der Waals surface area contributed by atoms with E-state index in [1.165, 1.54) is 30.4 Å². The van der Waals surface area contributed by atoms with E-state index in [2.05, 4.69) is 10.1 Å². The van der Waals surface area contributed by atoms with E-state index in [0.717, 1.165) is 10.9 Å². The quantitative estimate of drug-likeness (QED) is 0.175. The largest absolute Gasteiger partial charge is 0.496 e. The molecule has 0 aliphatic carbocycles. The number of fused-ring (bicyclic) bond motifs is 2. The van der Waals surface area contributed by atoms with Gasteiger partial charge < -0.3 is 18.6 Å². The number of hydrogen-bond donors (Lipinski definition) is 0. The summed E-state index contributed by atoms with van der Waals surface area (Å²) in [6.45, 7) is 1.63. The molecular weight excluding hydrogens is 552 g/mol. The molecule has 3 heterocycles. The van der Waals surface area contributed by atoms with Gasteiger partial charge in [-0.05, 0) is 47.1 Å². The van der Waals surface area contributed by atoms with Crippen LogP contribution in [0.25, 0.3) is 27.4 Å². The number of nitrogens with zero attached hydrogens (tertiary/aromatic N) is 3. The average Bonchev–Trinajstić information content (AvgIpc) is 3.68. The van der Waals surface area contributed by atoms with E-state index in [1.807, 2.05) is 12.1 Å². The third-order valence-corrected chi connectivity index (χ3v) is 7.47. The van der Waals surface area contributed by atoms with Crippen LogP contribution in [0.4, 0.5) is 8.78 Å². The number of ketones is 1. The van der Waals surface area contributed by atoms with Crippen molar-refractivity contribution in [2.24, 2.45) is 0 Å². The second kappa shape index (κ2) is 10.7. The summed E-state index contributed by atoms with van der Waals surface area (Å²) in [5.41, 5.74) is 2.49. The molecule has 208 valence electrons. The minimum atomic E-state index is -1.12. The van der Waals surface area contributed by atoms with Gasteiger partial charge in [0.2, 0.25) is 4.96 Å². The van der Waals surface area contributed by atoms with Crippen molar-refractivity contribution in [2.75, 3.05) is 14.2 Å². The Morgan fingerprint density at radius 3 is 2.63 bits per heavy atom. The van der Waals surface area contributed by atoms with Gasteiger partial charge in [-0.25, -0.2) is 18.3 Å². The molecule has 0 aliphatic rings. The maximum absolute atomic E-state index is 14.3. The summed E-state index contributed by atoms with van der Waals surface area (Å²) < 4.78 is 52.8. The highest BCUT2D eigenvalue weighted by Gasteiger charge is 2.19. The number of aryl methyl sites for hydroxylation is 1. The average molecular weight is 576 g/mol. The molecular formula is C30H23F2N3O5S. The fourth-order valence-electron chi connectivity index (χ4n) is 4.46. The Kier molecular flexibility index (Phi) is 6.88. The van der Waals surface area contributed by atoms with Crippen LogP contribution < -0.4 is 14.2 Å². The number of methoxy groups -OCH3 is 2. The first-order chi connectivity index (χ1) is 19.8. The first kappa shape index (κ1) is 26.5. The number of rotatable bonds is 9. The van der Waals surface area contributed by atoms with E-state index >= 15 is 0 Å². The molecule has 0 fully saturated rings. The maximum atomic E-state index is 14.3. The summed E-state index contributed by atoms with van der Waals surface area (Å²) in [5.74, 6) is -1.01. The Hall–Kier alpha value is -4.77. The zero-order chi connectivity index (χ0) is 28.7. The molecule has 6 aromatic rings. The first-order valence-electron chi connectivity index (χ1n) is 12.5. The standard InChI is InChI=1S/C30H23F2N3O5S/c1-16-7-8-20(28(32)27(16)31)23(36)10-17-5-4-6-18(9-17)15-39-24-11-19(37-2)12-25-21(24)13-26(40-25)22-14-35-29(33-22)41-30(34-35)38-3/h4-9,11-14H,10,15H2,1-3H3. The molecule has 0 amide bonds. The number of benzene rings is 3. The first-order valence-corrected chi connectivity index (χ1v) is 13.3. The zero-order valence-electron chi connectivity index (χ0n) is 22.2. The van der Waals surface area contributed by atoms with Crippen molar-refractivity contribution in [3.63, 3.8) is 0 Å². The fraction of sp³-hybridized carbons (Fsp3) is 0.167. The molecule has 0 bridgehead atoms. The van der Waals surface area contributed by atoms with Gasteiger partial charge in [-0.3, -0.25) is 4.79 Å². The van der Waals surface area contributed by atoms with Crippen LogP contribution in [-0.2, 0) is 13.0 Å². The van der Waals surface area contributed by atoms with Crippen LogP contribution in [0.1, 0.15) is 27.0 Å². The molecule has 3 aromatic heterocycles. The van der Waals surface area contributed by atoms with Crippen LogP contribution >= 0.6 is 11.3 Å². The van der Waals surface area contributed by atoms with Crippen molar-refractivity contribution < 1.29 is 32.2 Å². The molecule has 6 rings (SSSR count). The molecule has 0 aliphatic heterocycles. The number of furan rings is 1. The highest BCUT2D eigenvalue weighted by Crippen LogP contribution is 2.37. The molecule has 0 N–H and O–H groups in total. The lowest BCUT2D eigenvalue weighted by atomic mass is 10.00. The lowest BCUT2D eigenvalue weighted by Gasteiger charge is -2.10. The van der Waals surface area contributed by atoms with Gasteiger partial charge in [-0.2, -0.15) is 0 Å². The number of carbonyl (C=O) groups excluding carboxylic acids is 1. The number of Topliss-reactive ketones (excluding diaryl/α,β-unsaturated/α-hetero) is 1. The fourth-order valence-corrected chi connectivity index (χ4v) is 5.16. The number of hydrogen-bond acceptors (Lipinski definition) is 8. The molecule has 0 atom stereocenters. The molecule has 11 heteroatoms. The van der Waals surface area contributed by atoms with Gasteiger partial charge in [0.25, 0.3) is 5.19 Å². The van der Waals surface area contributed by atoms with E-state index < -0.39 is 17.4 Å². The van der Waals surface area contributed by atoms with Gasteiger partial charge in [0.1, 0.15) is 29.4 Å². The molecule has 3 aromatic carbocycles. The monoisotopic (exact) mass is 575 g/mol. The van der Waals surface area contributed by atoms with Crippen LogP contribution in [0, 0.1) is 18.6 Å². The number of ether oxygens (including phenoxy) is 3. The van der Waals surface area contributed by atoms with Gasteiger partial charge >= 0.3 is 0 Å². The van der Waals surface area contributed by atoms with Crippen LogP contribution in [0.3, 0.4) is 0 Å². The number of aromatic nitrogens is 3. The van der Waals surface area contributed by atoms with Crippen molar-refractivity contribution in [1.82, 2.24) is 14.6 Å². The zero-order valence-corrected chi connectivity index (χ0v) is 23.1. The smallest absolute Gasteiger partial charge is 0.294 e. The maximum Gasteiger partial charge on any atom is 0.294 e. The SMILES string of the molecule is COc1cc(OCc2cccc(CC(=O)c3ccc(C)c(F)c3F)c2)c2cc(-c3cn4nc(OC)sc4n3)oc2c1. The summed E-state index contributed by atoms with van der Waals surface area (Å²) in [6.07, 6.45) is 1.68. The summed E-state index contributed by atoms with van der Waals surface area (Å²) in [6, 6.07) is 15.3. The van der Waals surface area contributed by atoms with Crippen molar-refractivity contribution in [3.05, 3.63) is 94.7 Å². The van der Waals surface area contributed by atoms with E-state index in [4.69, 9.17) is 18.6 Å². The van der Waals surface area contributed by atoms with Gasteiger partial charge in [0.15, 0.2) is 23.2 Å². The topological polar surface area (TPSA) is 88.1 Å². The Morgan fingerprint density at radius 2 is 1.85 bits per heavy atom. The van der Waals surface area contributed by atoms with E-state index in [1.54, 1.807) is 55.3 Å². The minimum absolute atomic E-state index is 0.0788. The highest BCUT2D eigenvalue weighted by atomic mass is 32.1. The minimum Gasteiger partial charge on any atom is -0.496 e. The molecule has 41 heavy (non-hydrogen) atoms. The molecule has 0 saturated heterocycles. The molecule has 0 radical (unpaired) electrons. The van der Waals surface area contributed by atoms with E-state index in [9.17, 15) is 13.6 Å². The normalized spacial score (nSPS) is 11.3. The molecule has 0 unspecified atom stereocenters. The van der Waals surface area contributed by atoms with Crippen LogP contribution in [0.2, 0.25) is 0 Å². The second-order valence-electron chi connectivity index (χ2n) is 9.34. The Balaban J connectivity index is 1.23. The van der Waals surface area contributed by atoms with Crippen LogP contribution in [-0.4, -0.2) is 34.6 Å². The number of imidazole rings is 1. The Bertz CT molecular complexity index is 1900. The molecule has 8 nitrogen and oxygen atoms in total. The number of halogens is 2. The van der Waals surface area contributed by atoms with Crippen LogP contribution in [0.5, 0.6) is 16.7 Å². The number of carbonyl (C=O) groups is 1. The lowest BCUT2D eigenvalue weighted by Crippen LogP contribution is -2.09. The predicted molar refractivity (Wildman–Crippen MR) is 149 cm³/mol. The predicted octanol–water partition coefficient (Wildman–Crippen LogP) is 6.81. The molecule has 0 spiro atoms. The summed E-state index contributed by atoms with van der Waals surface area (Å²) >= 11 is 1.32. The van der Waals surface area contributed by atoms with Gasteiger partial charge in [-0.1, -0.05) is 30.3 Å². The Morgan fingerprint density at radius 1 is 1.02 bits per heavy atom. The van der Waals surface area contributed by atoms with Crippen molar-refractivity contribution in [3.8, 4) is 28.1 Å². The Labute approximate surface area is 236 Å². The van der Waals surface area contributed by atoms with Gasteiger partial charge in [0.05, 0.1) is 31.4 Å². The summed E-state index contributed by atoms with van der Waals surface area (Å²) in [7, 11) is 3.11. The molecule has 0 saturated carbocycles. The van der Waals surface area contributed by atoms with Crippen molar-refractivity contribution in [2.45, 2.75) is 20.0 Å².